The lowest BCUT2D eigenvalue weighted by Gasteiger charge is -2.32. The summed E-state index contributed by atoms with van der Waals surface area (Å²) in [4.78, 5) is 7.48. The number of hydrogen-bond donors (Lipinski definition) is 1. The molecule has 0 aliphatic heterocycles. The summed E-state index contributed by atoms with van der Waals surface area (Å²) in [5.74, 6) is 0. The first kappa shape index (κ1) is 15.4. The standard InChI is InChI=1S/C14H28N2OSi/c1-11-12(16-10-15-11)8-7-9-13(14(2,3)4)17-18(5)6/h10,13,18H,7-9H2,1-6H3,(H,15,16). The van der Waals surface area contributed by atoms with Crippen LogP contribution in [0.3, 0.4) is 0 Å². The minimum Gasteiger partial charge on any atom is -0.417 e. The first-order chi connectivity index (χ1) is 8.30. The second kappa shape index (κ2) is 6.52. The molecule has 0 fully saturated rings. The Hall–Kier alpha value is -0.613. The van der Waals surface area contributed by atoms with Crippen molar-refractivity contribution in [3.05, 3.63) is 17.7 Å². The number of nitrogens with one attached hydrogen (secondary N) is 1. The predicted octanol–water partition coefficient (Wildman–Crippen LogP) is 3.46. The minimum absolute atomic E-state index is 0.234. The molecule has 0 saturated heterocycles. The molecule has 1 N–H and O–H groups in total. The molecule has 0 aliphatic rings. The molecular weight excluding hydrogens is 240 g/mol. The lowest BCUT2D eigenvalue weighted by molar-refractivity contribution is 0.0766. The number of aryl methyl sites for hydroxylation is 2. The fraction of sp³-hybridized carbons (Fsp3) is 0.786. The number of aromatic amines is 1. The molecule has 1 aromatic heterocycles. The van der Waals surface area contributed by atoms with Gasteiger partial charge in [0, 0.05) is 11.8 Å². The summed E-state index contributed by atoms with van der Waals surface area (Å²) in [6.07, 6.45) is 5.48. The predicted molar refractivity (Wildman–Crippen MR) is 79.5 cm³/mol. The zero-order chi connectivity index (χ0) is 13.8. The fourth-order valence-corrected chi connectivity index (χ4v) is 3.33. The first-order valence-electron chi connectivity index (χ1n) is 6.95. The molecule has 1 atom stereocenters. The molecule has 1 heterocycles. The Morgan fingerprint density at radius 2 is 2.06 bits per heavy atom. The van der Waals surface area contributed by atoms with E-state index in [1.54, 1.807) is 6.33 Å². The van der Waals surface area contributed by atoms with Crippen LogP contribution in [0.25, 0.3) is 0 Å². The molecule has 0 spiro atoms. The van der Waals surface area contributed by atoms with Gasteiger partial charge in [0.05, 0.1) is 12.0 Å². The molecule has 0 saturated carbocycles. The molecule has 0 bridgehead atoms. The van der Waals surface area contributed by atoms with Crippen LogP contribution in [0.1, 0.15) is 45.0 Å². The average Bonchev–Trinajstić information content (AvgIpc) is 2.61. The Bertz CT molecular complexity index is 355. The second-order valence-corrected chi connectivity index (χ2v) is 8.78. The summed E-state index contributed by atoms with van der Waals surface area (Å²) in [6.45, 7) is 13.4. The van der Waals surface area contributed by atoms with Crippen LogP contribution in [0.4, 0.5) is 0 Å². The largest absolute Gasteiger partial charge is 0.417 e. The highest BCUT2D eigenvalue weighted by Crippen LogP contribution is 2.27. The van der Waals surface area contributed by atoms with E-state index < -0.39 is 9.04 Å². The van der Waals surface area contributed by atoms with E-state index in [-0.39, 0.29) is 5.41 Å². The van der Waals surface area contributed by atoms with Gasteiger partial charge >= 0.3 is 0 Å². The van der Waals surface area contributed by atoms with Crippen LogP contribution in [0.15, 0.2) is 6.33 Å². The number of imidazole rings is 1. The number of hydrogen-bond acceptors (Lipinski definition) is 2. The number of H-pyrrole nitrogens is 1. The molecule has 3 nitrogen and oxygen atoms in total. The zero-order valence-electron chi connectivity index (χ0n) is 12.7. The van der Waals surface area contributed by atoms with E-state index in [1.807, 2.05) is 0 Å². The van der Waals surface area contributed by atoms with Gasteiger partial charge in [0.1, 0.15) is 0 Å². The average molecular weight is 268 g/mol. The van der Waals surface area contributed by atoms with Crippen LogP contribution in [0, 0.1) is 12.3 Å². The van der Waals surface area contributed by atoms with Crippen molar-refractivity contribution in [3.8, 4) is 0 Å². The van der Waals surface area contributed by atoms with Crippen molar-refractivity contribution in [2.24, 2.45) is 5.41 Å². The van der Waals surface area contributed by atoms with Gasteiger partial charge in [-0.05, 0) is 44.7 Å². The van der Waals surface area contributed by atoms with E-state index in [0.717, 1.165) is 19.3 Å². The third-order valence-electron chi connectivity index (χ3n) is 3.22. The van der Waals surface area contributed by atoms with Crippen LogP contribution >= 0.6 is 0 Å². The lowest BCUT2D eigenvalue weighted by atomic mass is 9.86. The fourth-order valence-electron chi connectivity index (χ4n) is 2.13. The van der Waals surface area contributed by atoms with Crippen molar-refractivity contribution in [2.45, 2.75) is 66.2 Å². The van der Waals surface area contributed by atoms with Crippen molar-refractivity contribution >= 4 is 9.04 Å². The van der Waals surface area contributed by atoms with Gasteiger partial charge in [-0.3, -0.25) is 0 Å². The van der Waals surface area contributed by atoms with Gasteiger partial charge in [-0.25, -0.2) is 4.98 Å². The molecule has 0 aliphatic carbocycles. The molecule has 1 rings (SSSR count). The first-order valence-corrected chi connectivity index (χ1v) is 9.73. The Labute approximate surface area is 113 Å². The maximum Gasteiger partial charge on any atom is 0.171 e. The SMILES string of the molecule is Cc1[nH]cnc1CCCC(O[SiH](C)C)C(C)(C)C. The van der Waals surface area contributed by atoms with Crippen molar-refractivity contribution in [3.63, 3.8) is 0 Å². The van der Waals surface area contributed by atoms with Gasteiger partial charge in [-0.15, -0.1) is 0 Å². The van der Waals surface area contributed by atoms with Gasteiger partial charge in [-0.1, -0.05) is 20.8 Å². The monoisotopic (exact) mass is 268 g/mol. The maximum atomic E-state index is 6.18. The molecule has 18 heavy (non-hydrogen) atoms. The van der Waals surface area contributed by atoms with Gasteiger partial charge in [0.2, 0.25) is 0 Å². The smallest absolute Gasteiger partial charge is 0.171 e. The zero-order valence-corrected chi connectivity index (χ0v) is 13.9. The third kappa shape index (κ3) is 4.94. The maximum absolute atomic E-state index is 6.18. The van der Waals surface area contributed by atoms with Crippen LogP contribution in [-0.4, -0.2) is 25.1 Å². The Morgan fingerprint density at radius 1 is 1.39 bits per heavy atom. The quantitative estimate of drug-likeness (QED) is 0.802. The molecule has 4 heteroatoms. The lowest BCUT2D eigenvalue weighted by Crippen LogP contribution is -2.33. The Kier molecular flexibility index (Phi) is 5.60. The molecule has 0 radical (unpaired) electrons. The normalized spacial score (nSPS) is 14.2. The summed E-state index contributed by atoms with van der Waals surface area (Å²) in [7, 11) is -0.964. The summed E-state index contributed by atoms with van der Waals surface area (Å²) in [5.41, 5.74) is 2.63. The van der Waals surface area contributed by atoms with Crippen molar-refractivity contribution in [2.75, 3.05) is 0 Å². The van der Waals surface area contributed by atoms with Gasteiger partial charge in [-0.2, -0.15) is 0 Å². The van der Waals surface area contributed by atoms with E-state index >= 15 is 0 Å². The summed E-state index contributed by atoms with van der Waals surface area (Å²) in [6, 6.07) is 0. The summed E-state index contributed by atoms with van der Waals surface area (Å²) in [5, 5.41) is 0. The van der Waals surface area contributed by atoms with E-state index in [9.17, 15) is 0 Å². The van der Waals surface area contributed by atoms with Gasteiger partial charge in [0.25, 0.3) is 0 Å². The topological polar surface area (TPSA) is 37.9 Å². The third-order valence-corrected chi connectivity index (χ3v) is 4.09. The molecular formula is C14H28N2OSi. The molecule has 104 valence electrons. The van der Waals surface area contributed by atoms with E-state index in [4.69, 9.17) is 4.43 Å². The second-order valence-electron chi connectivity index (χ2n) is 6.41. The summed E-state index contributed by atoms with van der Waals surface area (Å²) >= 11 is 0. The molecule has 0 amide bonds. The Balaban J connectivity index is 2.45. The minimum atomic E-state index is -0.964. The van der Waals surface area contributed by atoms with Crippen LogP contribution in [-0.2, 0) is 10.8 Å². The summed E-state index contributed by atoms with van der Waals surface area (Å²) < 4.78 is 6.18. The van der Waals surface area contributed by atoms with E-state index in [1.165, 1.54) is 11.4 Å². The molecule has 0 aromatic carbocycles. The highest BCUT2D eigenvalue weighted by Gasteiger charge is 2.25. The van der Waals surface area contributed by atoms with Crippen molar-refractivity contribution in [1.82, 2.24) is 9.97 Å². The van der Waals surface area contributed by atoms with Gasteiger partial charge in [0.15, 0.2) is 9.04 Å². The van der Waals surface area contributed by atoms with Crippen LogP contribution in [0.5, 0.6) is 0 Å². The highest BCUT2D eigenvalue weighted by atomic mass is 28.3. The molecule has 1 aromatic rings. The number of aromatic nitrogens is 2. The van der Waals surface area contributed by atoms with Gasteiger partial charge < -0.3 is 9.41 Å². The van der Waals surface area contributed by atoms with Crippen molar-refractivity contribution < 1.29 is 4.43 Å². The highest BCUT2D eigenvalue weighted by molar-refractivity contribution is 6.48. The number of rotatable bonds is 6. The van der Waals surface area contributed by atoms with Crippen LogP contribution in [0.2, 0.25) is 13.1 Å². The molecule has 1 unspecified atom stereocenters. The van der Waals surface area contributed by atoms with Crippen LogP contribution < -0.4 is 0 Å². The van der Waals surface area contributed by atoms with E-state index in [0.29, 0.717) is 6.10 Å². The van der Waals surface area contributed by atoms with Crippen molar-refractivity contribution in [1.29, 1.82) is 0 Å². The Morgan fingerprint density at radius 3 is 2.50 bits per heavy atom. The van der Waals surface area contributed by atoms with E-state index in [2.05, 4.69) is 50.8 Å². The number of nitrogens with zero attached hydrogens (tertiary/aromatic N) is 1.